The van der Waals surface area contributed by atoms with Crippen LogP contribution < -0.4 is 29.8 Å². The van der Waals surface area contributed by atoms with Gasteiger partial charge in [0, 0.05) is 5.56 Å². The van der Waals surface area contributed by atoms with Crippen molar-refractivity contribution in [2.45, 2.75) is 0 Å². The number of hydrazine groups is 1. The van der Waals surface area contributed by atoms with Gasteiger partial charge in [0.1, 0.15) is 0 Å². The molecule has 0 atom stereocenters. The van der Waals surface area contributed by atoms with Crippen LogP contribution >= 0.6 is 0 Å². The summed E-state index contributed by atoms with van der Waals surface area (Å²) in [5.74, 6) is 0.816. The molecule has 2 aromatic rings. The van der Waals surface area contributed by atoms with E-state index in [0.717, 1.165) is 0 Å². The lowest BCUT2D eigenvalue weighted by molar-refractivity contribution is -0.123. The Bertz CT molecular complexity index is 778. The SMILES string of the molecule is COc1ccc(C(=O)NNC(=O)COc2ccccc2OC)cc1OC. The van der Waals surface area contributed by atoms with Crippen LogP contribution in [-0.4, -0.2) is 39.8 Å². The minimum atomic E-state index is -0.523. The topological polar surface area (TPSA) is 95.1 Å². The Labute approximate surface area is 151 Å². The maximum absolute atomic E-state index is 12.1. The summed E-state index contributed by atoms with van der Waals surface area (Å²) in [7, 11) is 4.47. The Morgan fingerprint density at radius 1 is 0.808 bits per heavy atom. The molecule has 0 heterocycles. The van der Waals surface area contributed by atoms with E-state index in [4.69, 9.17) is 18.9 Å². The first-order valence-electron chi connectivity index (χ1n) is 7.66. The predicted molar refractivity (Wildman–Crippen MR) is 93.6 cm³/mol. The Morgan fingerprint density at radius 3 is 2.08 bits per heavy atom. The average molecular weight is 360 g/mol. The minimum absolute atomic E-state index is 0.285. The van der Waals surface area contributed by atoms with Gasteiger partial charge in [-0.2, -0.15) is 0 Å². The van der Waals surface area contributed by atoms with Gasteiger partial charge in [-0.05, 0) is 30.3 Å². The molecule has 26 heavy (non-hydrogen) atoms. The summed E-state index contributed by atoms with van der Waals surface area (Å²) in [6.45, 7) is -0.285. The maximum atomic E-state index is 12.1. The van der Waals surface area contributed by atoms with Crippen molar-refractivity contribution in [1.82, 2.24) is 10.9 Å². The normalized spacial score (nSPS) is 9.81. The number of para-hydroxylation sites is 2. The van der Waals surface area contributed by atoms with Crippen molar-refractivity contribution in [1.29, 1.82) is 0 Å². The molecular weight excluding hydrogens is 340 g/mol. The number of amides is 2. The number of ether oxygens (including phenoxy) is 4. The van der Waals surface area contributed by atoms with Gasteiger partial charge < -0.3 is 18.9 Å². The largest absolute Gasteiger partial charge is 0.493 e. The predicted octanol–water partition coefficient (Wildman–Crippen LogP) is 1.55. The first-order valence-corrected chi connectivity index (χ1v) is 7.66. The summed E-state index contributed by atoms with van der Waals surface area (Å²) in [5, 5.41) is 0. The van der Waals surface area contributed by atoms with Crippen molar-refractivity contribution in [2.24, 2.45) is 0 Å². The Balaban J connectivity index is 1.88. The summed E-state index contributed by atoms with van der Waals surface area (Å²) in [4.78, 5) is 23.9. The van der Waals surface area contributed by atoms with Crippen LogP contribution in [0, 0.1) is 0 Å². The molecule has 0 unspecified atom stereocenters. The summed E-state index contributed by atoms with van der Waals surface area (Å²) >= 11 is 0. The molecule has 0 aliphatic carbocycles. The lowest BCUT2D eigenvalue weighted by atomic mass is 10.2. The molecule has 8 heteroatoms. The minimum Gasteiger partial charge on any atom is -0.493 e. The summed E-state index contributed by atoms with van der Waals surface area (Å²) < 4.78 is 20.7. The second-order valence-electron chi connectivity index (χ2n) is 5.01. The molecule has 0 aliphatic rings. The molecule has 0 saturated heterocycles. The Kier molecular flexibility index (Phi) is 6.67. The van der Waals surface area contributed by atoms with Crippen LogP contribution in [0.25, 0.3) is 0 Å². The van der Waals surface area contributed by atoms with Crippen molar-refractivity contribution in [3.05, 3.63) is 48.0 Å². The Morgan fingerprint density at radius 2 is 1.42 bits per heavy atom. The molecule has 0 radical (unpaired) electrons. The molecular formula is C18H20N2O6. The van der Waals surface area contributed by atoms with Crippen molar-refractivity contribution in [3.8, 4) is 23.0 Å². The van der Waals surface area contributed by atoms with Gasteiger partial charge in [0.2, 0.25) is 0 Å². The first-order chi connectivity index (χ1) is 12.6. The van der Waals surface area contributed by atoms with Gasteiger partial charge in [0.05, 0.1) is 21.3 Å². The molecule has 2 aromatic carbocycles. The monoisotopic (exact) mass is 360 g/mol. The highest BCUT2D eigenvalue weighted by Crippen LogP contribution is 2.27. The first kappa shape index (κ1) is 18.9. The standard InChI is InChI=1S/C18H20N2O6/c1-23-13-6-4-5-7-15(13)26-11-17(21)19-20-18(22)12-8-9-14(24-2)16(10-12)25-3/h4-10H,11H2,1-3H3,(H,19,21)(H,20,22). The van der Waals surface area contributed by atoms with Crippen molar-refractivity contribution in [2.75, 3.05) is 27.9 Å². The lowest BCUT2D eigenvalue weighted by Crippen LogP contribution is -2.43. The van der Waals surface area contributed by atoms with E-state index in [-0.39, 0.29) is 6.61 Å². The van der Waals surface area contributed by atoms with Crippen molar-refractivity contribution >= 4 is 11.8 Å². The molecule has 0 bridgehead atoms. The molecule has 0 aromatic heterocycles. The Hall–Kier alpha value is -3.42. The second kappa shape index (κ2) is 9.16. The van der Waals surface area contributed by atoms with Crippen LogP contribution in [0.5, 0.6) is 23.0 Å². The smallest absolute Gasteiger partial charge is 0.276 e. The van der Waals surface area contributed by atoms with Crippen LogP contribution in [0.2, 0.25) is 0 Å². The molecule has 138 valence electrons. The molecule has 2 amide bonds. The molecule has 2 N–H and O–H groups in total. The highest BCUT2D eigenvalue weighted by Gasteiger charge is 2.12. The number of rotatable bonds is 7. The van der Waals surface area contributed by atoms with E-state index < -0.39 is 11.8 Å². The second-order valence-corrected chi connectivity index (χ2v) is 5.01. The van der Waals surface area contributed by atoms with Gasteiger partial charge in [0.25, 0.3) is 11.8 Å². The fraction of sp³-hybridized carbons (Fsp3) is 0.222. The van der Waals surface area contributed by atoms with E-state index in [1.165, 1.54) is 27.4 Å². The van der Waals surface area contributed by atoms with E-state index in [1.54, 1.807) is 36.4 Å². The van der Waals surface area contributed by atoms with Crippen LogP contribution in [0.15, 0.2) is 42.5 Å². The number of hydrogen-bond donors (Lipinski definition) is 2. The number of nitrogens with one attached hydrogen (secondary N) is 2. The molecule has 0 aliphatic heterocycles. The van der Waals surface area contributed by atoms with Gasteiger partial charge >= 0.3 is 0 Å². The van der Waals surface area contributed by atoms with E-state index in [0.29, 0.717) is 28.6 Å². The third kappa shape index (κ3) is 4.79. The molecule has 0 fully saturated rings. The highest BCUT2D eigenvalue weighted by atomic mass is 16.5. The van der Waals surface area contributed by atoms with E-state index in [9.17, 15) is 9.59 Å². The maximum Gasteiger partial charge on any atom is 0.276 e. The molecule has 0 spiro atoms. The molecule has 0 saturated carbocycles. The third-order valence-electron chi connectivity index (χ3n) is 3.39. The number of hydrogen-bond acceptors (Lipinski definition) is 6. The number of methoxy groups -OCH3 is 3. The fourth-order valence-corrected chi connectivity index (χ4v) is 2.09. The zero-order chi connectivity index (χ0) is 18.9. The third-order valence-corrected chi connectivity index (χ3v) is 3.39. The van der Waals surface area contributed by atoms with Crippen LogP contribution in [0.3, 0.4) is 0 Å². The van der Waals surface area contributed by atoms with E-state index >= 15 is 0 Å². The average Bonchev–Trinajstić information content (AvgIpc) is 2.69. The van der Waals surface area contributed by atoms with Crippen LogP contribution in [0.4, 0.5) is 0 Å². The van der Waals surface area contributed by atoms with Crippen molar-refractivity contribution in [3.63, 3.8) is 0 Å². The zero-order valence-electron chi connectivity index (χ0n) is 14.7. The van der Waals surface area contributed by atoms with Gasteiger partial charge in [-0.25, -0.2) is 0 Å². The van der Waals surface area contributed by atoms with Gasteiger partial charge in [-0.15, -0.1) is 0 Å². The number of carbonyl (C=O) groups is 2. The molecule has 2 rings (SSSR count). The summed E-state index contributed by atoms with van der Waals surface area (Å²) in [5.41, 5.74) is 4.88. The number of carbonyl (C=O) groups excluding carboxylic acids is 2. The fourth-order valence-electron chi connectivity index (χ4n) is 2.09. The number of benzene rings is 2. The van der Waals surface area contributed by atoms with Crippen LogP contribution in [0.1, 0.15) is 10.4 Å². The van der Waals surface area contributed by atoms with Gasteiger partial charge in [-0.3, -0.25) is 20.4 Å². The summed E-state index contributed by atoms with van der Waals surface area (Å²) in [6, 6.07) is 11.6. The van der Waals surface area contributed by atoms with Gasteiger partial charge in [0.15, 0.2) is 29.6 Å². The van der Waals surface area contributed by atoms with Crippen molar-refractivity contribution < 1.29 is 28.5 Å². The highest BCUT2D eigenvalue weighted by molar-refractivity contribution is 5.96. The van der Waals surface area contributed by atoms with Crippen LogP contribution in [-0.2, 0) is 4.79 Å². The van der Waals surface area contributed by atoms with E-state index in [1.807, 2.05) is 0 Å². The lowest BCUT2D eigenvalue weighted by Gasteiger charge is -2.12. The van der Waals surface area contributed by atoms with E-state index in [2.05, 4.69) is 10.9 Å². The van der Waals surface area contributed by atoms with Gasteiger partial charge in [-0.1, -0.05) is 12.1 Å². The molecule has 8 nitrogen and oxygen atoms in total. The zero-order valence-corrected chi connectivity index (χ0v) is 14.7. The summed E-state index contributed by atoms with van der Waals surface area (Å²) in [6.07, 6.45) is 0. The quantitative estimate of drug-likeness (QED) is 0.728.